The minimum atomic E-state index is -0.0147. The Balaban J connectivity index is 2.12. The summed E-state index contributed by atoms with van der Waals surface area (Å²) in [5, 5.41) is 4.00. The first-order valence-electron chi connectivity index (χ1n) is 9.36. The van der Waals surface area contributed by atoms with Gasteiger partial charge >= 0.3 is 5.56 Å². The third-order valence-corrected chi connectivity index (χ3v) is 5.80. The third-order valence-electron chi connectivity index (χ3n) is 5.80. The van der Waals surface area contributed by atoms with Gasteiger partial charge in [-0.05, 0) is 29.5 Å². The number of hydrogen-bond donors (Lipinski definition) is 0. The van der Waals surface area contributed by atoms with Gasteiger partial charge in [-0.3, -0.25) is 0 Å². The molecule has 140 valence electrons. The lowest BCUT2D eigenvalue weighted by molar-refractivity contribution is -0.617. The molecule has 0 fully saturated rings. The van der Waals surface area contributed by atoms with E-state index in [1.54, 1.807) is 18.6 Å². The summed E-state index contributed by atoms with van der Waals surface area (Å²) in [6, 6.07) is 14.1. The van der Waals surface area contributed by atoms with E-state index in [1.807, 2.05) is 31.3 Å². The largest absolute Gasteiger partial charge is 0.493 e. The van der Waals surface area contributed by atoms with Crippen molar-refractivity contribution in [3.05, 3.63) is 58.4 Å². The molecule has 0 aliphatic carbocycles. The third kappa shape index (κ3) is 1.96. The number of nitrogens with zero attached hydrogens (tertiary/aromatic N) is 2. The number of fused-ring (bicyclic) bond motifs is 4. The van der Waals surface area contributed by atoms with Crippen LogP contribution in [0.3, 0.4) is 0 Å². The van der Waals surface area contributed by atoms with Crippen LogP contribution in [-0.4, -0.2) is 18.6 Å². The van der Waals surface area contributed by atoms with E-state index in [0.29, 0.717) is 11.5 Å². The second-order valence-electron chi connectivity index (χ2n) is 7.07. The lowest BCUT2D eigenvalue weighted by Gasteiger charge is -2.08. The molecule has 0 saturated heterocycles. The molecule has 0 bridgehead atoms. The van der Waals surface area contributed by atoms with Gasteiger partial charge in [-0.25, -0.2) is 9.36 Å². The Hall–Kier alpha value is -3.34. The van der Waals surface area contributed by atoms with E-state index in [1.165, 1.54) is 5.56 Å². The number of methoxy groups -OCH3 is 2. The van der Waals surface area contributed by atoms with Crippen LogP contribution in [0.4, 0.5) is 0 Å². The smallest absolute Gasteiger partial charge is 0.347 e. The van der Waals surface area contributed by atoms with Crippen LogP contribution >= 0.6 is 0 Å². The van der Waals surface area contributed by atoms with Gasteiger partial charge in [0.2, 0.25) is 0 Å². The normalized spacial score (nSPS) is 11.9. The van der Waals surface area contributed by atoms with Crippen LogP contribution in [0.25, 0.3) is 38.2 Å². The van der Waals surface area contributed by atoms with Gasteiger partial charge in [0.05, 0.1) is 32.0 Å². The number of imidazole rings is 1. The van der Waals surface area contributed by atoms with Crippen molar-refractivity contribution in [3.8, 4) is 11.5 Å². The lowest BCUT2D eigenvalue weighted by Crippen LogP contribution is -2.29. The molecular weight excluding hydrogens is 352 g/mol. The zero-order chi connectivity index (χ0) is 19.6. The molecule has 0 N–H and O–H groups in total. The van der Waals surface area contributed by atoms with Crippen LogP contribution in [0, 0.1) is 0 Å². The maximum Gasteiger partial charge on any atom is 0.347 e. The second kappa shape index (κ2) is 5.83. The summed E-state index contributed by atoms with van der Waals surface area (Å²) in [6.07, 6.45) is 0.929. The highest BCUT2D eigenvalue weighted by Gasteiger charge is 2.27. The Morgan fingerprint density at radius 1 is 0.964 bits per heavy atom. The van der Waals surface area contributed by atoms with Crippen molar-refractivity contribution in [3.63, 3.8) is 0 Å². The van der Waals surface area contributed by atoms with E-state index in [-0.39, 0.29) is 5.56 Å². The number of benzene rings is 3. The van der Waals surface area contributed by atoms with Gasteiger partial charge in [0.25, 0.3) is 5.65 Å². The standard InChI is InChI=1S/C23H21N2O3/c1-5-13-9-10-15-21-14(13)7-6-8-16(21)23(26)25-18-12-20(28-4)19(27-3)11-17(18)24(2)22(15)25/h6-12H,5H2,1-4H3/q+1. The predicted molar refractivity (Wildman–Crippen MR) is 111 cm³/mol. The average molecular weight is 373 g/mol. The molecule has 5 rings (SSSR count). The van der Waals surface area contributed by atoms with Gasteiger partial charge in [0.1, 0.15) is 0 Å². The van der Waals surface area contributed by atoms with Crippen molar-refractivity contribution < 1.29 is 14.0 Å². The summed E-state index contributed by atoms with van der Waals surface area (Å²) in [5.41, 5.74) is 3.84. The van der Waals surface area contributed by atoms with Crippen LogP contribution in [0.15, 0.2) is 47.3 Å². The van der Waals surface area contributed by atoms with Crippen molar-refractivity contribution >= 4 is 38.2 Å². The average Bonchev–Trinajstić information content (AvgIpc) is 3.02. The summed E-state index contributed by atoms with van der Waals surface area (Å²) in [4.78, 5) is 13.6. The topological polar surface area (TPSA) is 43.8 Å². The molecule has 0 radical (unpaired) electrons. The summed E-state index contributed by atoms with van der Waals surface area (Å²) in [5.74, 6) is 1.25. The van der Waals surface area contributed by atoms with Crippen molar-refractivity contribution in [1.29, 1.82) is 0 Å². The number of hydrogen-bond acceptors (Lipinski definition) is 3. The zero-order valence-electron chi connectivity index (χ0n) is 16.4. The number of ether oxygens (including phenoxy) is 2. The van der Waals surface area contributed by atoms with Crippen LogP contribution in [-0.2, 0) is 13.5 Å². The van der Waals surface area contributed by atoms with Crippen molar-refractivity contribution in [2.45, 2.75) is 13.3 Å². The summed E-state index contributed by atoms with van der Waals surface area (Å²) < 4.78 is 14.8. The van der Waals surface area contributed by atoms with Gasteiger partial charge in [0.15, 0.2) is 22.5 Å². The van der Waals surface area contributed by atoms with Crippen LogP contribution in [0.2, 0.25) is 0 Å². The monoisotopic (exact) mass is 373 g/mol. The van der Waals surface area contributed by atoms with Crippen LogP contribution in [0.5, 0.6) is 11.5 Å². The molecule has 0 saturated carbocycles. The Kier molecular flexibility index (Phi) is 3.50. The number of aromatic nitrogens is 2. The molecule has 2 heterocycles. The first-order valence-corrected chi connectivity index (χ1v) is 9.36. The van der Waals surface area contributed by atoms with Crippen molar-refractivity contribution in [2.75, 3.05) is 14.2 Å². The molecule has 5 heteroatoms. The minimum absolute atomic E-state index is 0.0147. The van der Waals surface area contributed by atoms with Gasteiger partial charge in [-0.2, -0.15) is 4.40 Å². The molecule has 5 nitrogen and oxygen atoms in total. The molecule has 0 unspecified atom stereocenters. The molecular formula is C23H21N2O3+. The van der Waals surface area contributed by atoms with E-state index in [0.717, 1.165) is 44.6 Å². The Labute approximate surface area is 161 Å². The summed E-state index contributed by atoms with van der Waals surface area (Å²) in [7, 11) is 5.21. The highest BCUT2D eigenvalue weighted by Crippen LogP contribution is 2.34. The maximum atomic E-state index is 13.6. The SMILES string of the molecule is CCc1ccc2c3c1cccc3c(=O)n1c3cc(OC)c(OC)cc3[n+](C)c21. The molecule has 0 spiro atoms. The fourth-order valence-electron chi connectivity index (χ4n) is 4.45. The highest BCUT2D eigenvalue weighted by atomic mass is 16.5. The van der Waals surface area contributed by atoms with Crippen LogP contribution < -0.4 is 19.6 Å². The quantitative estimate of drug-likeness (QED) is 0.454. The van der Waals surface area contributed by atoms with E-state index in [4.69, 9.17) is 9.47 Å². The first-order chi connectivity index (χ1) is 13.6. The van der Waals surface area contributed by atoms with Gasteiger partial charge in [0, 0.05) is 17.5 Å². The van der Waals surface area contributed by atoms with E-state index >= 15 is 0 Å². The maximum absolute atomic E-state index is 13.6. The van der Waals surface area contributed by atoms with Gasteiger partial charge in [-0.1, -0.05) is 25.1 Å². The van der Waals surface area contributed by atoms with Crippen molar-refractivity contribution in [2.24, 2.45) is 7.05 Å². The molecule has 0 aliphatic rings. The van der Waals surface area contributed by atoms with Gasteiger partial charge < -0.3 is 9.47 Å². The van der Waals surface area contributed by atoms with E-state index in [2.05, 4.69) is 29.7 Å². The number of aryl methyl sites for hydroxylation is 2. The summed E-state index contributed by atoms with van der Waals surface area (Å²) >= 11 is 0. The molecule has 0 aliphatic heterocycles. The van der Waals surface area contributed by atoms with E-state index < -0.39 is 0 Å². The Morgan fingerprint density at radius 2 is 1.68 bits per heavy atom. The molecule has 2 aromatic heterocycles. The lowest BCUT2D eigenvalue weighted by atomic mass is 9.97. The Bertz CT molecular complexity index is 1450. The highest BCUT2D eigenvalue weighted by molar-refractivity contribution is 6.15. The zero-order valence-corrected chi connectivity index (χ0v) is 16.4. The Morgan fingerprint density at radius 3 is 2.39 bits per heavy atom. The first kappa shape index (κ1) is 16.8. The fraction of sp³-hybridized carbons (Fsp3) is 0.217. The molecule has 0 amide bonds. The second-order valence-corrected chi connectivity index (χ2v) is 7.07. The molecule has 28 heavy (non-hydrogen) atoms. The fourth-order valence-corrected chi connectivity index (χ4v) is 4.45. The van der Waals surface area contributed by atoms with E-state index in [9.17, 15) is 4.79 Å². The number of pyridine rings is 1. The molecule has 5 aromatic rings. The minimum Gasteiger partial charge on any atom is -0.493 e. The predicted octanol–water partition coefficient (Wildman–Crippen LogP) is 3.60. The van der Waals surface area contributed by atoms with Crippen LogP contribution in [0.1, 0.15) is 12.5 Å². The molecule has 0 atom stereocenters. The summed E-state index contributed by atoms with van der Waals surface area (Å²) in [6.45, 7) is 2.14. The van der Waals surface area contributed by atoms with Crippen molar-refractivity contribution in [1.82, 2.24) is 4.40 Å². The number of rotatable bonds is 3. The van der Waals surface area contributed by atoms with Gasteiger partial charge in [-0.15, -0.1) is 0 Å². The molecule has 3 aromatic carbocycles.